The van der Waals surface area contributed by atoms with Crippen LogP contribution in [0.5, 0.6) is 0 Å². The van der Waals surface area contributed by atoms with Crippen molar-refractivity contribution in [3.05, 3.63) is 68.7 Å². The largest absolute Gasteiger partial charge is 0.481 e. The smallest absolute Gasteiger partial charge is 0.311 e. The van der Waals surface area contributed by atoms with E-state index in [1.807, 2.05) is 6.07 Å². The molecule has 0 aliphatic carbocycles. The number of rotatable bonds is 4. The zero-order chi connectivity index (χ0) is 14.7. The van der Waals surface area contributed by atoms with Crippen LogP contribution in [0.4, 0.5) is 0 Å². The molecule has 2 aromatic rings. The van der Waals surface area contributed by atoms with Gasteiger partial charge in [-0.1, -0.05) is 53.0 Å². The van der Waals surface area contributed by atoms with Crippen LogP contribution in [0, 0.1) is 0 Å². The summed E-state index contributed by atoms with van der Waals surface area (Å²) in [6.07, 6.45) is 0.317. The molecule has 2 nitrogen and oxygen atoms in total. The van der Waals surface area contributed by atoms with E-state index in [0.29, 0.717) is 27.1 Å². The number of aliphatic carboxylic acids is 1. The first-order valence-electron chi connectivity index (χ1n) is 5.89. The van der Waals surface area contributed by atoms with Crippen LogP contribution >= 0.6 is 34.8 Å². The molecule has 1 unspecified atom stereocenters. The second-order valence-corrected chi connectivity index (χ2v) is 5.67. The van der Waals surface area contributed by atoms with Crippen molar-refractivity contribution in [1.82, 2.24) is 0 Å². The molecule has 0 saturated carbocycles. The third kappa shape index (κ3) is 3.66. The fourth-order valence-corrected chi connectivity index (χ4v) is 2.77. The third-order valence-electron chi connectivity index (χ3n) is 2.96. The zero-order valence-corrected chi connectivity index (χ0v) is 12.6. The zero-order valence-electron chi connectivity index (χ0n) is 10.3. The van der Waals surface area contributed by atoms with Crippen molar-refractivity contribution in [2.24, 2.45) is 0 Å². The Balaban J connectivity index is 2.34. The second-order valence-electron chi connectivity index (χ2n) is 4.39. The molecule has 1 N–H and O–H groups in total. The first-order valence-corrected chi connectivity index (χ1v) is 7.03. The topological polar surface area (TPSA) is 37.3 Å². The first-order chi connectivity index (χ1) is 9.47. The lowest BCUT2D eigenvalue weighted by molar-refractivity contribution is -0.138. The van der Waals surface area contributed by atoms with E-state index in [1.165, 1.54) is 0 Å². The van der Waals surface area contributed by atoms with Crippen LogP contribution in [0.1, 0.15) is 17.0 Å². The molecule has 2 rings (SSSR count). The van der Waals surface area contributed by atoms with Crippen molar-refractivity contribution in [3.63, 3.8) is 0 Å². The Bertz CT molecular complexity index is 641. The van der Waals surface area contributed by atoms with Crippen molar-refractivity contribution < 1.29 is 9.90 Å². The molecule has 0 spiro atoms. The quantitative estimate of drug-likeness (QED) is 0.851. The summed E-state index contributed by atoms with van der Waals surface area (Å²) in [6.45, 7) is 0. The first kappa shape index (κ1) is 15.2. The van der Waals surface area contributed by atoms with Gasteiger partial charge in [-0.25, -0.2) is 0 Å². The van der Waals surface area contributed by atoms with Gasteiger partial charge in [-0.3, -0.25) is 4.79 Å². The molecule has 0 amide bonds. The second kappa shape index (κ2) is 6.49. The Morgan fingerprint density at radius 3 is 2.35 bits per heavy atom. The van der Waals surface area contributed by atoms with Gasteiger partial charge in [-0.15, -0.1) is 0 Å². The highest BCUT2D eigenvalue weighted by atomic mass is 35.5. The molecule has 1 atom stereocenters. The van der Waals surface area contributed by atoms with E-state index in [0.717, 1.165) is 5.56 Å². The number of carboxylic acid groups (broad SMARTS) is 1. The van der Waals surface area contributed by atoms with Gasteiger partial charge >= 0.3 is 5.97 Å². The van der Waals surface area contributed by atoms with Crippen molar-refractivity contribution >= 4 is 40.8 Å². The standard InChI is InChI=1S/C15H11Cl3O2/c16-10-3-1-2-9(6-10)7-13(15(19)20)12-5-4-11(17)8-14(12)18/h1-6,8,13H,7H2,(H,19,20). The summed E-state index contributed by atoms with van der Waals surface area (Å²) in [5.41, 5.74) is 1.39. The van der Waals surface area contributed by atoms with Crippen molar-refractivity contribution in [2.75, 3.05) is 0 Å². The fraction of sp³-hybridized carbons (Fsp3) is 0.133. The summed E-state index contributed by atoms with van der Waals surface area (Å²) < 4.78 is 0. The van der Waals surface area contributed by atoms with Crippen LogP contribution in [0.2, 0.25) is 15.1 Å². The Hall–Kier alpha value is -1.22. The Morgan fingerprint density at radius 2 is 1.75 bits per heavy atom. The van der Waals surface area contributed by atoms with E-state index in [-0.39, 0.29) is 0 Å². The van der Waals surface area contributed by atoms with Crippen LogP contribution in [-0.4, -0.2) is 11.1 Å². The van der Waals surface area contributed by atoms with Gasteiger partial charge in [0.15, 0.2) is 0 Å². The SMILES string of the molecule is O=C(O)C(Cc1cccc(Cl)c1)c1ccc(Cl)cc1Cl. The molecule has 104 valence electrons. The number of benzene rings is 2. The molecule has 5 heteroatoms. The highest BCUT2D eigenvalue weighted by Crippen LogP contribution is 2.30. The predicted molar refractivity (Wildman–Crippen MR) is 82.0 cm³/mol. The lowest BCUT2D eigenvalue weighted by Gasteiger charge is -2.15. The molecule has 2 aromatic carbocycles. The summed E-state index contributed by atoms with van der Waals surface area (Å²) in [5.74, 6) is -1.67. The monoisotopic (exact) mass is 328 g/mol. The van der Waals surface area contributed by atoms with Gasteiger partial charge in [0, 0.05) is 15.1 Å². The van der Waals surface area contributed by atoms with E-state index in [9.17, 15) is 9.90 Å². The normalized spacial score (nSPS) is 12.2. The average molecular weight is 330 g/mol. The highest BCUT2D eigenvalue weighted by molar-refractivity contribution is 6.35. The minimum atomic E-state index is -0.936. The van der Waals surface area contributed by atoms with Gasteiger partial charge in [-0.2, -0.15) is 0 Å². The van der Waals surface area contributed by atoms with E-state index in [2.05, 4.69) is 0 Å². The fourth-order valence-electron chi connectivity index (χ4n) is 2.01. The number of hydrogen-bond acceptors (Lipinski definition) is 1. The van der Waals surface area contributed by atoms with Gasteiger partial charge in [0.2, 0.25) is 0 Å². The lowest BCUT2D eigenvalue weighted by Crippen LogP contribution is -2.15. The van der Waals surface area contributed by atoms with Crippen LogP contribution < -0.4 is 0 Å². The maximum absolute atomic E-state index is 11.5. The van der Waals surface area contributed by atoms with Gasteiger partial charge in [0.25, 0.3) is 0 Å². The molecule has 0 aliphatic heterocycles. The summed E-state index contributed by atoms with van der Waals surface area (Å²) >= 11 is 17.8. The van der Waals surface area contributed by atoms with Crippen LogP contribution in [-0.2, 0) is 11.2 Å². The number of halogens is 3. The van der Waals surface area contributed by atoms with Crippen LogP contribution in [0.25, 0.3) is 0 Å². The average Bonchev–Trinajstić information content (AvgIpc) is 2.36. The summed E-state index contributed by atoms with van der Waals surface area (Å²) in [5, 5.41) is 10.8. The maximum Gasteiger partial charge on any atom is 0.311 e. The minimum absolute atomic E-state index is 0.317. The van der Waals surface area contributed by atoms with E-state index in [4.69, 9.17) is 34.8 Å². The molecule has 0 aliphatic rings. The van der Waals surface area contributed by atoms with Gasteiger partial charge in [-0.05, 0) is 41.8 Å². The van der Waals surface area contributed by atoms with E-state index in [1.54, 1.807) is 36.4 Å². The molecule has 0 radical (unpaired) electrons. The molecule has 0 heterocycles. The number of carboxylic acids is 1. The van der Waals surface area contributed by atoms with Crippen LogP contribution in [0.15, 0.2) is 42.5 Å². The van der Waals surface area contributed by atoms with Gasteiger partial charge in [0.1, 0.15) is 0 Å². The van der Waals surface area contributed by atoms with Crippen molar-refractivity contribution in [1.29, 1.82) is 0 Å². The predicted octanol–water partition coefficient (Wildman–Crippen LogP) is 5.06. The summed E-state index contributed by atoms with van der Waals surface area (Å²) in [7, 11) is 0. The third-order valence-corrected chi connectivity index (χ3v) is 3.76. The van der Waals surface area contributed by atoms with Gasteiger partial charge < -0.3 is 5.11 Å². The minimum Gasteiger partial charge on any atom is -0.481 e. The van der Waals surface area contributed by atoms with Crippen molar-refractivity contribution in [3.8, 4) is 0 Å². The Labute approximate surface area is 131 Å². The molecule has 20 heavy (non-hydrogen) atoms. The van der Waals surface area contributed by atoms with Crippen molar-refractivity contribution in [2.45, 2.75) is 12.3 Å². The lowest BCUT2D eigenvalue weighted by atomic mass is 9.92. The molecule has 0 bridgehead atoms. The number of hydrogen-bond donors (Lipinski definition) is 1. The highest BCUT2D eigenvalue weighted by Gasteiger charge is 2.23. The Morgan fingerprint density at radius 1 is 1.05 bits per heavy atom. The number of carbonyl (C=O) groups is 1. The summed E-state index contributed by atoms with van der Waals surface area (Å²) in [4.78, 5) is 11.5. The molecular formula is C15H11Cl3O2. The Kier molecular flexibility index (Phi) is 4.92. The summed E-state index contributed by atoms with van der Waals surface area (Å²) in [6, 6.07) is 12.0. The molecule has 0 aromatic heterocycles. The molecule has 0 saturated heterocycles. The molecular weight excluding hydrogens is 319 g/mol. The van der Waals surface area contributed by atoms with Crippen LogP contribution in [0.3, 0.4) is 0 Å². The molecule has 0 fully saturated rings. The maximum atomic E-state index is 11.5. The van der Waals surface area contributed by atoms with Gasteiger partial charge in [0.05, 0.1) is 5.92 Å². The van der Waals surface area contributed by atoms with E-state index < -0.39 is 11.9 Å². The van der Waals surface area contributed by atoms with E-state index >= 15 is 0 Å².